The van der Waals surface area contributed by atoms with Crippen molar-refractivity contribution in [2.45, 2.75) is 20.4 Å². The fraction of sp³-hybridized carbons (Fsp3) is 0.125. The van der Waals surface area contributed by atoms with E-state index in [0.29, 0.717) is 21.7 Å². The Labute approximate surface area is 196 Å². The van der Waals surface area contributed by atoms with Crippen LogP contribution in [0.3, 0.4) is 0 Å². The van der Waals surface area contributed by atoms with Gasteiger partial charge in [0.25, 0.3) is 5.56 Å². The molecule has 8 heteroatoms. The third-order valence-electron chi connectivity index (χ3n) is 5.42. The van der Waals surface area contributed by atoms with E-state index in [1.165, 1.54) is 6.92 Å². The van der Waals surface area contributed by atoms with Crippen LogP contribution in [0.25, 0.3) is 11.0 Å². The van der Waals surface area contributed by atoms with E-state index >= 15 is 0 Å². The largest absolute Gasteiger partial charge is 0.494 e. The predicted molar refractivity (Wildman–Crippen MR) is 124 cm³/mol. The lowest BCUT2D eigenvalue weighted by molar-refractivity contribution is 0.101. The summed E-state index contributed by atoms with van der Waals surface area (Å²) in [4.78, 5) is 26.4. The third kappa shape index (κ3) is 3.52. The second-order valence-electron chi connectivity index (χ2n) is 7.32. The van der Waals surface area contributed by atoms with Gasteiger partial charge in [0, 0.05) is 20.4 Å². The molecule has 32 heavy (non-hydrogen) atoms. The summed E-state index contributed by atoms with van der Waals surface area (Å²) in [5.41, 5.74) is 0.663. The van der Waals surface area contributed by atoms with E-state index in [9.17, 15) is 20.0 Å². The van der Waals surface area contributed by atoms with E-state index in [2.05, 4.69) is 15.9 Å². The number of nitrogens with zero attached hydrogens (tertiary/aromatic N) is 2. The van der Waals surface area contributed by atoms with Gasteiger partial charge in [-0.15, -0.1) is 0 Å². The van der Waals surface area contributed by atoms with E-state index in [1.807, 2.05) is 12.1 Å². The minimum atomic E-state index is -0.704. The predicted octanol–water partition coefficient (Wildman–Crippen LogP) is 5.48. The zero-order valence-electron chi connectivity index (χ0n) is 17.1. The summed E-state index contributed by atoms with van der Waals surface area (Å²) in [6.45, 7) is 3.09. The number of furan rings is 1. The number of carbonyl (C=O) groups is 1. The molecule has 0 amide bonds. The van der Waals surface area contributed by atoms with Gasteiger partial charge in [-0.05, 0) is 49.2 Å². The van der Waals surface area contributed by atoms with Crippen molar-refractivity contribution in [2.24, 2.45) is 0 Å². The minimum absolute atomic E-state index is 0.0309. The quantitative estimate of drug-likeness (QED) is 0.366. The van der Waals surface area contributed by atoms with E-state index in [4.69, 9.17) is 16.0 Å². The molecule has 4 rings (SSSR count). The summed E-state index contributed by atoms with van der Waals surface area (Å²) in [7, 11) is 0. The average molecular weight is 512 g/mol. The fourth-order valence-electron chi connectivity index (χ4n) is 3.69. The Kier molecular flexibility index (Phi) is 5.68. The molecule has 1 N–H and O–H groups in total. The Morgan fingerprint density at radius 2 is 1.94 bits per heavy atom. The number of hydrogen-bond donors (Lipinski definition) is 1. The van der Waals surface area contributed by atoms with Crippen LogP contribution in [0.5, 0.6) is 5.88 Å². The Morgan fingerprint density at radius 1 is 1.22 bits per heavy atom. The van der Waals surface area contributed by atoms with Crippen LogP contribution in [0.15, 0.2) is 56.1 Å². The highest BCUT2D eigenvalue weighted by molar-refractivity contribution is 9.10. The fourth-order valence-corrected chi connectivity index (χ4v) is 4.25. The van der Waals surface area contributed by atoms with Gasteiger partial charge in [-0.1, -0.05) is 45.7 Å². The zero-order valence-corrected chi connectivity index (χ0v) is 19.4. The monoisotopic (exact) mass is 510 g/mol. The van der Waals surface area contributed by atoms with Gasteiger partial charge in [-0.2, -0.15) is 5.26 Å². The van der Waals surface area contributed by atoms with Gasteiger partial charge in [0.05, 0.1) is 12.1 Å². The SMILES string of the molecule is Cc1c(C(=O)c2oc3ccc(Br)cc3c2C)c(O)n(Cc2ccccc2Cl)c(=O)c1C#N. The molecular formula is C24H16BrClN2O4. The molecule has 0 unspecified atom stereocenters. The summed E-state index contributed by atoms with van der Waals surface area (Å²) in [5, 5.41) is 21.7. The maximum absolute atomic E-state index is 13.5. The van der Waals surface area contributed by atoms with Crippen LogP contribution in [-0.2, 0) is 6.54 Å². The van der Waals surface area contributed by atoms with Crippen LogP contribution in [0.4, 0.5) is 0 Å². The Hall–Kier alpha value is -3.34. The highest BCUT2D eigenvalue weighted by Crippen LogP contribution is 2.32. The molecule has 160 valence electrons. The molecule has 0 fully saturated rings. The summed E-state index contributed by atoms with van der Waals surface area (Å²) < 4.78 is 7.59. The van der Waals surface area contributed by atoms with Gasteiger partial charge in [0.1, 0.15) is 17.2 Å². The van der Waals surface area contributed by atoms with Crippen LogP contribution < -0.4 is 5.56 Å². The van der Waals surface area contributed by atoms with Crippen molar-refractivity contribution in [1.82, 2.24) is 4.57 Å². The molecule has 2 aromatic heterocycles. The Balaban J connectivity index is 1.94. The lowest BCUT2D eigenvalue weighted by Gasteiger charge is -2.15. The smallest absolute Gasteiger partial charge is 0.271 e. The lowest BCUT2D eigenvalue weighted by Crippen LogP contribution is -2.27. The van der Waals surface area contributed by atoms with Gasteiger partial charge < -0.3 is 9.52 Å². The van der Waals surface area contributed by atoms with Crippen molar-refractivity contribution in [1.29, 1.82) is 5.26 Å². The summed E-state index contributed by atoms with van der Waals surface area (Å²) in [5.74, 6) is -1.13. The van der Waals surface area contributed by atoms with E-state index in [1.54, 1.807) is 43.3 Å². The first-order valence-corrected chi connectivity index (χ1v) is 10.7. The number of nitriles is 1. The van der Waals surface area contributed by atoms with Crippen molar-refractivity contribution in [2.75, 3.05) is 0 Å². The minimum Gasteiger partial charge on any atom is -0.494 e. The van der Waals surface area contributed by atoms with Crippen LogP contribution in [0.1, 0.15) is 38.4 Å². The summed E-state index contributed by atoms with van der Waals surface area (Å²) in [6.07, 6.45) is 0. The highest BCUT2D eigenvalue weighted by Gasteiger charge is 2.29. The van der Waals surface area contributed by atoms with Crippen LogP contribution >= 0.6 is 27.5 Å². The topological polar surface area (TPSA) is 96.2 Å². The summed E-state index contributed by atoms with van der Waals surface area (Å²) in [6, 6.07) is 14.0. The molecule has 0 aliphatic carbocycles. The van der Waals surface area contributed by atoms with E-state index < -0.39 is 17.2 Å². The molecule has 0 atom stereocenters. The van der Waals surface area contributed by atoms with Crippen molar-refractivity contribution < 1.29 is 14.3 Å². The zero-order chi connectivity index (χ0) is 23.2. The van der Waals surface area contributed by atoms with Crippen LogP contribution in [0.2, 0.25) is 5.02 Å². The van der Waals surface area contributed by atoms with Gasteiger partial charge >= 0.3 is 0 Å². The number of aromatic nitrogens is 1. The second-order valence-corrected chi connectivity index (χ2v) is 8.64. The highest BCUT2D eigenvalue weighted by atomic mass is 79.9. The van der Waals surface area contributed by atoms with Gasteiger partial charge in [-0.25, -0.2) is 0 Å². The van der Waals surface area contributed by atoms with Crippen molar-refractivity contribution in [3.63, 3.8) is 0 Å². The number of fused-ring (bicyclic) bond motifs is 1. The molecule has 2 heterocycles. The lowest BCUT2D eigenvalue weighted by atomic mass is 9.98. The molecule has 0 bridgehead atoms. The molecule has 4 aromatic rings. The number of hydrogen-bond acceptors (Lipinski definition) is 5. The summed E-state index contributed by atoms with van der Waals surface area (Å²) >= 11 is 9.62. The maximum atomic E-state index is 13.5. The first-order valence-electron chi connectivity index (χ1n) is 9.57. The van der Waals surface area contributed by atoms with E-state index in [0.717, 1.165) is 14.4 Å². The van der Waals surface area contributed by atoms with Gasteiger partial charge in [0.2, 0.25) is 11.7 Å². The van der Waals surface area contributed by atoms with E-state index in [-0.39, 0.29) is 29.0 Å². The van der Waals surface area contributed by atoms with Gasteiger partial charge in [0.15, 0.2) is 5.76 Å². The number of pyridine rings is 1. The number of ketones is 1. The normalized spacial score (nSPS) is 11.0. The van der Waals surface area contributed by atoms with Crippen molar-refractivity contribution in [3.8, 4) is 11.9 Å². The molecule has 0 radical (unpaired) electrons. The molecule has 0 saturated heterocycles. The number of aromatic hydroxyl groups is 1. The van der Waals surface area contributed by atoms with Crippen LogP contribution in [0, 0.1) is 25.2 Å². The molecule has 0 aliphatic heterocycles. The number of halogens is 2. The second kappa shape index (κ2) is 8.30. The number of rotatable bonds is 4. The number of carbonyl (C=O) groups excluding carboxylic acids is 1. The van der Waals surface area contributed by atoms with Crippen molar-refractivity contribution >= 4 is 44.3 Å². The molecule has 0 saturated carbocycles. The molecule has 6 nitrogen and oxygen atoms in total. The van der Waals surface area contributed by atoms with Crippen LogP contribution in [-0.4, -0.2) is 15.5 Å². The Morgan fingerprint density at radius 3 is 2.62 bits per heavy atom. The maximum Gasteiger partial charge on any atom is 0.271 e. The third-order valence-corrected chi connectivity index (χ3v) is 6.28. The molecule has 0 aliphatic rings. The first-order chi connectivity index (χ1) is 15.2. The number of aryl methyl sites for hydroxylation is 1. The molecule has 0 spiro atoms. The average Bonchev–Trinajstić information content (AvgIpc) is 3.08. The Bertz CT molecular complexity index is 1510. The first kappa shape index (κ1) is 21.9. The molecular weight excluding hydrogens is 496 g/mol. The van der Waals surface area contributed by atoms with Crippen molar-refractivity contribution in [3.05, 3.63) is 95.9 Å². The number of benzene rings is 2. The standard InChI is InChI=1S/C24H16BrClN2O4/c1-12-17(10-27)23(30)28(11-14-5-3-4-6-18(14)26)24(31)20(12)21(29)22-13(2)16-9-15(25)7-8-19(16)32-22/h3-9,31H,11H2,1-2H3. The molecule has 2 aromatic carbocycles. The van der Waals surface area contributed by atoms with Gasteiger partial charge in [-0.3, -0.25) is 14.2 Å².